The Morgan fingerprint density at radius 3 is 2.80 bits per heavy atom. The topological polar surface area (TPSA) is 74.7 Å². The lowest BCUT2D eigenvalue weighted by atomic mass is 10.2. The van der Waals surface area contributed by atoms with Gasteiger partial charge in [0.2, 0.25) is 10.0 Å². The Hall–Kier alpha value is -1.12. The maximum absolute atomic E-state index is 13.7. The average molecular weight is 319 g/mol. The summed E-state index contributed by atoms with van der Waals surface area (Å²) in [6.07, 6.45) is -0.277. The van der Waals surface area contributed by atoms with Gasteiger partial charge in [0.25, 0.3) is 0 Å². The van der Waals surface area contributed by atoms with Crippen molar-refractivity contribution in [2.24, 2.45) is 0 Å². The van der Waals surface area contributed by atoms with E-state index in [4.69, 9.17) is 5.11 Å². The molecule has 1 atom stereocenters. The number of carboxylic acids is 1. The van der Waals surface area contributed by atoms with Crippen molar-refractivity contribution in [2.75, 3.05) is 18.1 Å². The highest BCUT2D eigenvalue weighted by Gasteiger charge is 2.36. The third-order valence-corrected chi connectivity index (χ3v) is 6.08. The molecule has 0 saturated carbocycles. The minimum Gasteiger partial charge on any atom is -0.481 e. The van der Waals surface area contributed by atoms with E-state index in [0.717, 1.165) is 10.4 Å². The molecule has 1 aliphatic heterocycles. The molecule has 0 radical (unpaired) electrons. The van der Waals surface area contributed by atoms with E-state index >= 15 is 0 Å². The van der Waals surface area contributed by atoms with Gasteiger partial charge in [0, 0.05) is 24.1 Å². The van der Waals surface area contributed by atoms with E-state index in [9.17, 15) is 17.6 Å². The van der Waals surface area contributed by atoms with Crippen molar-refractivity contribution < 1.29 is 22.7 Å². The molecule has 0 amide bonds. The quantitative estimate of drug-likeness (QED) is 0.908. The normalized spacial score (nSPS) is 20.8. The van der Waals surface area contributed by atoms with Crippen molar-refractivity contribution in [1.29, 1.82) is 0 Å². The molecule has 1 heterocycles. The van der Waals surface area contributed by atoms with Crippen LogP contribution in [0.1, 0.15) is 6.42 Å². The van der Waals surface area contributed by atoms with Crippen LogP contribution in [-0.2, 0) is 14.8 Å². The predicted molar refractivity (Wildman–Crippen MR) is 73.7 cm³/mol. The standard InChI is InChI=1S/C12H14FNO4S2/c13-10-3-1-2-4-11(10)20(17,18)14-5-6-19-8-9(14)7-12(15)16/h1-4,9H,5-8H2,(H,15,16). The minimum absolute atomic E-state index is 0.194. The molecule has 2 rings (SSSR count). The molecule has 1 aromatic rings. The third kappa shape index (κ3) is 3.13. The Morgan fingerprint density at radius 2 is 2.15 bits per heavy atom. The summed E-state index contributed by atoms with van der Waals surface area (Å²) in [7, 11) is -4.01. The van der Waals surface area contributed by atoms with Crippen molar-refractivity contribution in [2.45, 2.75) is 17.4 Å². The van der Waals surface area contributed by atoms with Crippen molar-refractivity contribution in [3.8, 4) is 0 Å². The van der Waals surface area contributed by atoms with Gasteiger partial charge < -0.3 is 5.11 Å². The highest BCUT2D eigenvalue weighted by atomic mass is 32.2. The Balaban J connectivity index is 2.36. The van der Waals surface area contributed by atoms with Crippen LogP contribution < -0.4 is 0 Å². The first-order chi connectivity index (χ1) is 9.43. The lowest BCUT2D eigenvalue weighted by Gasteiger charge is -2.33. The first-order valence-electron chi connectivity index (χ1n) is 5.99. The molecule has 1 aromatic carbocycles. The van der Waals surface area contributed by atoms with Gasteiger partial charge in [-0.3, -0.25) is 4.79 Å². The largest absolute Gasteiger partial charge is 0.481 e. The number of carbonyl (C=O) groups is 1. The minimum atomic E-state index is -4.01. The van der Waals surface area contributed by atoms with Crippen molar-refractivity contribution in [3.63, 3.8) is 0 Å². The molecule has 0 aliphatic carbocycles. The van der Waals surface area contributed by atoms with Gasteiger partial charge in [-0.2, -0.15) is 16.1 Å². The predicted octanol–water partition coefficient (Wildman–Crippen LogP) is 1.41. The number of hydrogen-bond acceptors (Lipinski definition) is 4. The number of aliphatic carboxylic acids is 1. The van der Waals surface area contributed by atoms with Gasteiger partial charge in [-0.05, 0) is 12.1 Å². The summed E-state index contributed by atoms with van der Waals surface area (Å²) in [4.78, 5) is 10.4. The van der Waals surface area contributed by atoms with Gasteiger partial charge in [-0.1, -0.05) is 12.1 Å². The molecule has 5 nitrogen and oxygen atoms in total. The maximum atomic E-state index is 13.7. The van der Waals surface area contributed by atoms with Crippen molar-refractivity contribution in [3.05, 3.63) is 30.1 Å². The Morgan fingerprint density at radius 1 is 1.45 bits per heavy atom. The molecule has 1 aliphatic rings. The van der Waals surface area contributed by atoms with E-state index in [-0.39, 0.29) is 13.0 Å². The molecule has 0 aromatic heterocycles. The molecule has 0 spiro atoms. The summed E-state index contributed by atoms with van der Waals surface area (Å²) in [6.45, 7) is 0.194. The fourth-order valence-electron chi connectivity index (χ4n) is 2.10. The van der Waals surface area contributed by atoms with E-state index in [0.29, 0.717) is 11.5 Å². The zero-order chi connectivity index (χ0) is 14.8. The summed E-state index contributed by atoms with van der Waals surface area (Å²) in [5.41, 5.74) is 0. The number of nitrogens with zero attached hydrogens (tertiary/aromatic N) is 1. The third-order valence-electron chi connectivity index (χ3n) is 3.01. The maximum Gasteiger partial charge on any atom is 0.305 e. The van der Waals surface area contributed by atoms with Crippen LogP contribution in [0.3, 0.4) is 0 Å². The van der Waals surface area contributed by atoms with Gasteiger partial charge in [-0.25, -0.2) is 12.8 Å². The van der Waals surface area contributed by atoms with Crippen LogP contribution in [-0.4, -0.2) is 47.9 Å². The van der Waals surface area contributed by atoms with Gasteiger partial charge in [0.05, 0.1) is 6.42 Å². The number of carboxylic acid groups (broad SMARTS) is 1. The molecule has 20 heavy (non-hydrogen) atoms. The number of benzene rings is 1. The van der Waals surface area contributed by atoms with Gasteiger partial charge in [0.15, 0.2) is 0 Å². The van der Waals surface area contributed by atoms with Crippen molar-refractivity contribution in [1.82, 2.24) is 4.31 Å². The molecular weight excluding hydrogens is 305 g/mol. The summed E-state index contributed by atoms with van der Waals surface area (Å²) in [5.74, 6) is -0.907. The van der Waals surface area contributed by atoms with Gasteiger partial charge in [-0.15, -0.1) is 0 Å². The smallest absolute Gasteiger partial charge is 0.305 e. The van der Waals surface area contributed by atoms with Gasteiger partial charge in [0.1, 0.15) is 10.7 Å². The van der Waals surface area contributed by atoms with E-state index in [1.165, 1.54) is 30.0 Å². The zero-order valence-electron chi connectivity index (χ0n) is 10.5. The van der Waals surface area contributed by atoms with Gasteiger partial charge >= 0.3 is 5.97 Å². The van der Waals surface area contributed by atoms with Crippen LogP contribution in [0.15, 0.2) is 29.2 Å². The van der Waals surface area contributed by atoms with Crippen LogP contribution in [0, 0.1) is 5.82 Å². The zero-order valence-corrected chi connectivity index (χ0v) is 12.2. The summed E-state index contributed by atoms with van der Waals surface area (Å²) in [6, 6.07) is 4.49. The highest BCUT2D eigenvalue weighted by molar-refractivity contribution is 7.99. The fourth-order valence-corrected chi connectivity index (χ4v) is 5.06. The molecule has 110 valence electrons. The second-order valence-corrected chi connectivity index (χ2v) is 7.38. The summed E-state index contributed by atoms with van der Waals surface area (Å²) < 4.78 is 39.8. The number of rotatable bonds is 4. The Kier molecular flexibility index (Phi) is 4.66. The van der Waals surface area contributed by atoms with Crippen LogP contribution >= 0.6 is 11.8 Å². The molecule has 1 saturated heterocycles. The van der Waals surface area contributed by atoms with E-state index in [1.54, 1.807) is 0 Å². The van der Waals surface area contributed by atoms with Crippen LogP contribution in [0.4, 0.5) is 4.39 Å². The molecule has 1 unspecified atom stereocenters. The average Bonchev–Trinajstić information content (AvgIpc) is 2.38. The summed E-state index contributed by atoms with van der Waals surface area (Å²) in [5, 5.41) is 8.87. The fraction of sp³-hybridized carbons (Fsp3) is 0.417. The molecule has 8 heteroatoms. The number of halogens is 1. The number of hydrogen-bond donors (Lipinski definition) is 1. The van der Waals surface area contributed by atoms with E-state index < -0.39 is 32.7 Å². The first-order valence-corrected chi connectivity index (χ1v) is 8.58. The van der Waals surface area contributed by atoms with Crippen LogP contribution in [0.25, 0.3) is 0 Å². The molecular formula is C12H14FNO4S2. The molecule has 1 N–H and O–H groups in total. The van der Waals surface area contributed by atoms with Crippen LogP contribution in [0.5, 0.6) is 0 Å². The van der Waals surface area contributed by atoms with E-state index in [2.05, 4.69) is 0 Å². The SMILES string of the molecule is O=C(O)CC1CSCCN1S(=O)(=O)c1ccccc1F. The lowest BCUT2D eigenvalue weighted by molar-refractivity contribution is -0.137. The summed E-state index contributed by atoms with van der Waals surface area (Å²) >= 11 is 1.50. The number of thioether (sulfide) groups is 1. The van der Waals surface area contributed by atoms with E-state index in [1.807, 2.05) is 0 Å². The second kappa shape index (κ2) is 6.11. The Bertz CT molecular complexity index is 605. The second-order valence-electron chi connectivity index (χ2n) is 4.37. The highest BCUT2D eigenvalue weighted by Crippen LogP contribution is 2.27. The monoisotopic (exact) mass is 319 g/mol. The molecule has 1 fully saturated rings. The Labute approximate surface area is 120 Å². The number of sulfonamides is 1. The van der Waals surface area contributed by atoms with Crippen LogP contribution in [0.2, 0.25) is 0 Å². The molecule has 0 bridgehead atoms. The lowest BCUT2D eigenvalue weighted by Crippen LogP contribution is -2.47. The first kappa shape index (κ1) is 15.3. The van der Waals surface area contributed by atoms with Crippen molar-refractivity contribution >= 4 is 27.8 Å².